The monoisotopic (exact) mass is 404 g/mol. The van der Waals surface area contributed by atoms with E-state index in [4.69, 9.17) is 4.74 Å². The molecule has 0 saturated carbocycles. The van der Waals surface area contributed by atoms with Gasteiger partial charge in [0, 0.05) is 17.3 Å². The lowest BCUT2D eigenvalue weighted by atomic mass is 10.2. The molecule has 7 heteroatoms. The highest BCUT2D eigenvalue weighted by Gasteiger charge is 2.13. The molecular formula is C23H22N3O4+. The molecule has 1 aromatic heterocycles. The van der Waals surface area contributed by atoms with E-state index in [2.05, 4.69) is 10.6 Å². The van der Waals surface area contributed by atoms with Gasteiger partial charge in [0.05, 0.1) is 18.4 Å². The molecule has 3 aromatic rings. The average molecular weight is 404 g/mol. The van der Waals surface area contributed by atoms with Crippen LogP contribution in [0.5, 0.6) is 5.75 Å². The van der Waals surface area contributed by atoms with Gasteiger partial charge < -0.3 is 15.4 Å². The summed E-state index contributed by atoms with van der Waals surface area (Å²) in [5.74, 6) is -0.0197. The van der Waals surface area contributed by atoms with Crippen molar-refractivity contribution in [3.63, 3.8) is 0 Å². The van der Waals surface area contributed by atoms with Crippen LogP contribution < -0.4 is 19.9 Å². The van der Waals surface area contributed by atoms with Crippen LogP contribution in [0, 0.1) is 0 Å². The minimum atomic E-state index is -0.283. The molecule has 0 radical (unpaired) electrons. The number of Topliss-reactive ketones (excluding diaryl/α,β-unsaturated/α-hetero) is 1. The van der Waals surface area contributed by atoms with Gasteiger partial charge in [0.1, 0.15) is 5.75 Å². The van der Waals surface area contributed by atoms with E-state index in [1.54, 1.807) is 71.6 Å². The number of rotatable bonds is 7. The first-order chi connectivity index (χ1) is 14.5. The predicted molar refractivity (Wildman–Crippen MR) is 113 cm³/mol. The fourth-order valence-electron chi connectivity index (χ4n) is 2.84. The smallest absolute Gasteiger partial charge is 0.290 e. The number of aromatic nitrogens is 1. The highest BCUT2D eigenvalue weighted by Crippen LogP contribution is 2.23. The summed E-state index contributed by atoms with van der Waals surface area (Å²) in [6.45, 7) is 1.54. The van der Waals surface area contributed by atoms with Gasteiger partial charge in [-0.15, -0.1) is 0 Å². The lowest BCUT2D eigenvalue weighted by Crippen LogP contribution is -2.40. The first-order valence-electron chi connectivity index (χ1n) is 9.30. The number of nitrogens with zero attached hydrogens (tertiary/aromatic N) is 1. The van der Waals surface area contributed by atoms with E-state index < -0.39 is 0 Å². The number of amides is 2. The minimum Gasteiger partial charge on any atom is -0.495 e. The molecule has 2 N–H and O–H groups in total. The van der Waals surface area contributed by atoms with E-state index in [0.717, 1.165) is 0 Å². The summed E-state index contributed by atoms with van der Waals surface area (Å²) in [4.78, 5) is 36.2. The Bertz CT molecular complexity index is 1080. The first-order valence-corrected chi connectivity index (χ1v) is 9.30. The van der Waals surface area contributed by atoms with Gasteiger partial charge in [-0.1, -0.05) is 12.1 Å². The van der Waals surface area contributed by atoms with E-state index >= 15 is 0 Å². The van der Waals surface area contributed by atoms with E-state index in [9.17, 15) is 14.4 Å². The SMILES string of the molecule is COc1ccccc1NC(=O)c1ccc(NC(=O)C[n+]2cccc(C(C)=O)c2)cc1. The van der Waals surface area contributed by atoms with Gasteiger partial charge >= 0.3 is 0 Å². The summed E-state index contributed by atoms with van der Waals surface area (Å²) in [5, 5.41) is 5.58. The van der Waals surface area contributed by atoms with E-state index in [0.29, 0.717) is 28.3 Å². The van der Waals surface area contributed by atoms with Crippen LogP contribution in [0.1, 0.15) is 27.6 Å². The largest absolute Gasteiger partial charge is 0.495 e. The zero-order chi connectivity index (χ0) is 21.5. The van der Waals surface area contributed by atoms with Crippen molar-refractivity contribution in [3.05, 3.63) is 84.2 Å². The second kappa shape index (κ2) is 9.47. The molecular weight excluding hydrogens is 382 g/mol. The van der Waals surface area contributed by atoms with Crippen LogP contribution in [-0.4, -0.2) is 24.7 Å². The van der Waals surface area contributed by atoms with Crippen molar-refractivity contribution in [2.45, 2.75) is 13.5 Å². The van der Waals surface area contributed by atoms with Gasteiger partial charge in [0.2, 0.25) is 6.54 Å². The summed E-state index contributed by atoms with van der Waals surface area (Å²) in [5.41, 5.74) is 2.13. The molecule has 0 atom stereocenters. The third kappa shape index (κ3) is 5.29. The number of ketones is 1. The Labute approximate surface area is 174 Å². The quantitative estimate of drug-likeness (QED) is 0.468. The van der Waals surface area contributed by atoms with Gasteiger partial charge in [-0.2, -0.15) is 4.57 Å². The third-order valence-electron chi connectivity index (χ3n) is 4.38. The molecule has 0 bridgehead atoms. The van der Waals surface area contributed by atoms with Crippen LogP contribution >= 0.6 is 0 Å². The van der Waals surface area contributed by atoms with Crippen LogP contribution in [-0.2, 0) is 11.3 Å². The molecule has 30 heavy (non-hydrogen) atoms. The highest BCUT2D eigenvalue weighted by molar-refractivity contribution is 6.05. The second-order valence-corrected chi connectivity index (χ2v) is 6.60. The number of hydrogen-bond acceptors (Lipinski definition) is 4. The van der Waals surface area contributed by atoms with Crippen molar-refractivity contribution < 1.29 is 23.7 Å². The van der Waals surface area contributed by atoms with Crippen LogP contribution in [0.15, 0.2) is 73.1 Å². The highest BCUT2D eigenvalue weighted by atomic mass is 16.5. The molecule has 3 rings (SSSR count). The fraction of sp³-hybridized carbons (Fsp3) is 0.130. The van der Waals surface area contributed by atoms with E-state index in [1.165, 1.54) is 14.0 Å². The van der Waals surface area contributed by atoms with Gasteiger partial charge in [0.15, 0.2) is 18.2 Å². The number of hydrogen-bond donors (Lipinski definition) is 2. The first kappa shape index (κ1) is 20.7. The molecule has 1 heterocycles. The van der Waals surface area contributed by atoms with Crippen LogP contribution in [0.3, 0.4) is 0 Å². The van der Waals surface area contributed by atoms with Crippen molar-refractivity contribution in [2.75, 3.05) is 17.7 Å². The molecule has 152 valence electrons. The van der Waals surface area contributed by atoms with E-state index in [-0.39, 0.29) is 24.1 Å². The predicted octanol–water partition coefficient (Wildman–Crippen LogP) is 3.08. The zero-order valence-electron chi connectivity index (χ0n) is 16.7. The molecule has 0 aliphatic heterocycles. The number of carbonyl (C=O) groups is 3. The van der Waals surface area contributed by atoms with Crippen molar-refractivity contribution >= 4 is 29.0 Å². The molecule has 0 spiro atoms. The number of benzene rings is 2. The van der Waals surface area contributed by atoms with Gasteiger partial charge in [-0.05, 0) is 49.4 Å². The zero-order valence-corrected chi connectivity index (χ0v) is 16.7. The average Bonchev–Trinajstić information content (AvgIpc) is 2.74. The molecule has 0 aliphatic carbocycles. The molecule has 0 saturated heterocycles. The number of methoxy groups -OCH3 is 1. The van der Waals surface area contributed by atoms with Crippen molar-refractivity contribution in [2.24, 2.45) is 0 Å². The summed E-state index contributed by atoms with van der Waals surface area (Å²) in [6, 6.07) is 17.1. The summed E-state index contributed by atoms with van der Waals surface area (Å²) in [6.07, 6.45) is 3.35. The van der Waals surface area contributed by atoms with Crippen molar-refractivity contribution in [1.82, 2.24) is 0 Å². The lowest BCUT2D eigenvalue weighted by Gasteiger charge is -2.10. The summed E-state index contributed by atoms with van der Waals surface area (Å²) >= 11 is 0. The summed E-state index contributed by atoms with van der Waals surface area (Å²) < 4.78 is 6.87. The minimum absolute atomic E-state index is 0.0632. The van der Waals surface area contributed by atoms with Gasteiger partial charge in [-0.25, -0.2) is 0 Å². The van der Waals surface area contributed by atoms with E-state index in [1.807, 2.05) is 6.07 Å². The number of carbonyl (C=O) groups excluding carboxylic acids is 3. The Balaban J connectivity index is 1.61. The molecule has 2 aromatic carbocycles. The maximum atomic E-state index is 12.5. The van der Waals surface area contributed by atoms with Crippen LogP contribution in [0.4, 0.5) is 11.4 Å². The van der Waals surface area contributed by atoms with Gasteiger partial charge in [-0.3, -0.25) is 14.4 Å². The van der Waals surface area contributed by atoms with Crippen LogP contribution in [0.25, 0.3) is 0 Å². The summed E-state index contributed by atoms with van der Waals surface area (Å²) in [7, 11) is 1.54. The van der Waals surface area contributed by atoms with Gasteiger partial charge in [0.25, 0.3) is 11.8 Å². The topological polar surface area (TPSA) is 88.4 Å². The third-order valence-corrected chi connectivity index (χ3v) is 4.38. The maximum absolute atomic E-state index is 12.5. The van der Waals surface area contributed by atoms with Crippen molar-refractivity contribution in [3.8, 4) is 5.75 Å². The molecule has 0 aliphatic rings. The molecule has 2 amide bonds. The normalized spacial score (nSPS) is 10.2. The number of para-hydroxylation sites is 2. The number of anilines is 2. The number of pyridine rings is 1. The Morgan fingerprint density at radius 2 is 1.63 bits per heavy atom. The molecule has 0 unspecified atom stereocenters. The Kier molecular flexibility index (Phi) is 6.54. The lowest BCUT2D eigenvalue weighted by molar-refractivity contribution is -0.684. The molecule has 7 nitrogen and oxygen atoms in total. The number of nitrogens with one attached hydrogen (secondary N) is 2. The fourth-order valence-corrected chi connectivity index (χ4v) is 2.84. The maximum Gasteiger partial charge on any atom is 0.290 e. The second-order valence-electron chi connectivity index (χ2n) is 6.60. The molecule has 0 fully saturated rings. The van der Waals surface area contributed by atoms with Crippen LogP contribution in [0.2, 0.25) is 0 Å². The number of ether oxygens (including phenoxy) is 1. The standard InChI is InChI=1S/C23H21N3O4/c1-16(27)18-6-5-13-26(14-18)15-22(28)24-19-11-9-17(10-12-19)23(29)25-20-7-3-4-8-21(20)30-2/h3-14H,15H2,1-2H3,(H-,24,25,28,29)/p+1. The Morgan fingerprint density at radius 3 is 2.33 bits per heavy atom. The Morgan fingerprint density at radius 1 is 0.900 bits per heavy atom. The Hall–Kier alpha value is -4.00. The van der Waals surface area contributed by atoms with Crippen molar-refractivity contribution in [1.29, 1.82) is 0 Å².